The molecule has 1 heterocycles. The monoisotopic (exact) mass is 295 g/mol. The summed E-state index contributed by atoms with van der Waals surface area (Å²) in [6.45, 7) is 0.510. The molecular weight excluding hydrogens is 278 g/mol. The Kier molecular flexibility index (Phi) is 3.92. The van der Waals surface area contributed by atoms with Gasteiger partial charge in [0.1, 0.15) is 6.04 Å². The Morgan fingerprint density at radius 2 is 1.59 bits per heavy atom. The molecule has 0 bridgehead atoms. The number of nitrogens with zero attached hydrogens (tertiary/aromatic N) is 1. The highest BCUT2D eigenvalue weighted by Crippen LogP contribution is 2.23. The predicted molar refractivity (Wildman–Crippen MR) is 83.6 cm³/mol. The fraction of sp³-hybridized carbons (Fsp3) is 0.222. The zero-order valence-corrected chi connectivity index (χ0v) is 12.1. The van der Waals surface area contributed by atoms with E-state index in [0.29, 0.717) is 18.5 Å². The SMILES string of the molecule is O=C(O)[C@H]1CCCN1C(=O)c1ccc(-c2ccccc2)cc1. The van der Waals surface area contributed by atoms with Crippen LogP contribution < -0.4 is 0 Å². The molecule has 1 N–H and O–H groups in total. The molecule has 2 aromatic rings. The third-order valence-corrected chi connectivity index (χ3v) is 4.04. The van der Waals surface area contributed by atoms with E-state index in [4.69, 9.17) is 0 Å². The molecule has 4 heteroatoms. The fourth-order valence-electron chi connectivity index (χ4n) is 2.87. The number of amides is 1. The van der Waals surface area contributed by atoms with Crippen LogP contribution in [0.1, 0.15) is 23.2 Å². The maximum atomic E-state index is 12.5. The number of rotatable bonds is 3. The van der Waals surface area contributed by atoms with E-state index in [1.54, 1.807) is 12.1 Å². The van der Waals surface area contributed by atoms with Crippen molar-refractivity contribution in [3.05, 3.63) is 60.2 Å². The van der Waals surface area contributed by atoms with Crippen LogP contribution in [0.3, 0.4) is 0 Å². The van der Waals surface area contributed by atoms with E-state index in [1.165, 1.54) is 4.90 Å². The molecule has 1 fully saturated rings. The first-order chi connectivity index (χ1) is 10.7. The van der Waals surface area contributed by atoms with Crippen LogP contribution in [0.15, 0.2) is 54.6 Å². The van der Waals surface area contributed by atoms with Crippen molar-refractivity contribution in [2.75, 3.05) is 6.54 Å². The first kappa shape index (κ1) is 14.3. The Balaban J connectivity index is 1.81. The summed E-state index contributed by atoms with van der Waals surface area (Å²) in [5.74, 6) is -1.13. The molecular formula is C18H17NO3. The van der Waals surface area contributed by atoms with E-state index in [9.17, 15) is 14.7 Å². The van der Waals surface area contributed by atoms with Crippen LogP contribution in [-0.2, 0) is 4.79 Å². The molecule has 22 heavy (non-hydrogen) atoms. The number of likely N-dealkylation sites (tertiary alicyclic amines) is 1. The molecule has 0 aromatic heterocycles. The van der Waals surface area contributed by atoms with Crippen molar-refractivity contribution in [2.24, 2.45) is 0 Å². The second-order valence-corrected chi connectivity index (χ2v) is 5.44. The Hall–Kier alpha value is -2.62. The molecule has 4 nitrogen and oxygen atoms in total. The lowest BCUT2D eigenvalue weighted by Gasteiger charge is -2.21. The highest BCUT2D eigenvalue weighted by Gasteiger charge is 2.34. The van der Waals surface area contributed by atoms with Crippen molar-refractivity contribution in [3.63, 3.8) is 0 Å². The summed E-state index contributed by atoms with van der Waals surface area (Å²) in [4.78, 5) is 25.1. The molecule has 0 aliphatic carbocycles. The Morgan fingerprint density at radius 1 is 0.955 bits per heavy atom. The maximum Gasteiger partial charge on any atom is 0.326 e. The standard InChI is InChI=1S/C18H17NO3/c20-17(19-12-4-7-16(19)18(21)22)15-10-8-14(9-11-15)13-5-2-1-3-6-13/h1-3,5-6,8-11,16H,4,7,12H2,(H,21,22)/t16-/m1/s1. The van der Waals surface area contributed by atoms with Crippen molar-refractivity contribution in [3.8, 4) is 11.1 Å². The molecule has 112 valence electrons. The summed E-state index contributed by atoms with van der Waals surface area (Å²) < 4.78 is 0. The molecule has 0 unspecified atom stereocenters. The van der Waals surface area contributed by atoms with Crippen LogP contribution in [0, 0.1) is 0 Å². The summed E-state index contributed by atoms with van der Waals surface area (Å²) in [5, 5.41) is 9.18. The number of hydrogen-bond acceptors (Lipinski definition) is 2. The predicted octanol–water partition coefficient (Wildman–Crippen LogP) is 3.04. The van der Waals surface area contributed by atoms with Gasteiger partial charge in [-0.05, 0) is 36.1 Å². The summed E-state index contributed by atoms with van der Waals surface area (Å²) >= 11 is 0. The molecule has 1 aliphatic rings. The Bertz CT molecular complexity index is 679. The summed E-state index contributed by atoms with van der Waals surface area (Å²) in [5.41, 5.74) is 2.66. The van der Waals surface area contributed by atoms with Crippen molar-refractivity contribution >= 4 is 11.9 Å². The molecule has 0 saturated carbocycles. The second kappa shape index (κ2) is 6.02. The number of carboxylic acid groups (broad SMARTS) is 1. The van der Waals surface area contributed by atoms with Gasteiger partial charge in [-0.1, -0.05) is 42.5 Å². The average molecular weight is 295 g/mol. The quantitative estimate of drug-likeness (QED) is 0.947. The Labute approximate surface area is 129 Å². The minimum Gasteiger partial charge on any atom is -0.480 e. The number of carboxylic acids is 1. The van der Waals surface area contributed by atoms with Crippen LogP contribution in [0.2, 0.25) is 0 Å². The van der Waals surface area contributed by atoms with E-state index >= 15 is 0 Å². The molecule has 0 radical (unpaired) electrons. The molecule has 1 atom stereocenters. The van der Waals surface area contributed by atoms with Crippen molar-refractivity contribution < 1.29 is 14.7 Å². The molecule has 1 aliphatic heterocycles. The lowest BCUT2D eigenvalue weighted by molar-refractivity contribution is -0.141. The lowest BCUT2D eigenvalue weighted by atomic mass is 10.0. The summed E-state index contributed by atoms with van der Waals surface area (Å²) in [6.07, 6.45) is 1.27. The Morgan fingerprint density at radius 3 is 2.23 bits per heavy atom. The first-order valence-electron chi connectivity index (χ1n) is 7.36. The molecule has 0 spiro atoms. The third kappa shape index (κ3) is 2.72. The van der Waals surface area contributed by atoms with Crippen molar-refractivity contribution in [1.29, 1.82) is 0 Å². The van der Waals surface area contributed by atoms with Crippen LogP contribution in [-0.4, -0.2) is 34.5 Å². The zero-order valence-electron chi connectivity index (χ0n) is 12.1. The number of carbonyl (C=O) groups is 2. The van der Waals surface area contributed by atoms with E-state index < -0.39 is 12.0 Å². The van der Waals surface area contributed by atoms with Gasteiger partial charge >= 0.3 is 5.97 Å². The van der Waals surface area contributed by atoms with Gasteiger partial charge in [-0.15, -0.1) is 0 Å². The zero-order chi connectivity index (χ0) is 15.5. The van der Waals surface area contributed by atoms with Crippen molar-refractivity contribution in [2.45, 2.75) is 18.9 Å². The number of hydrogen-bond donors (Lipinski definition) is 1. The average Bonchev–Trinajstić information content (AvgIpc) is 3.05. The van der Waals surface area contributed by atoms with Gasteiger partial charge in [0.2, 0.25) is 0 Å². The van der Waals surface area contributed by atoms with E-state index in [2.05, 4.69) is 0 Å². The smallest absolute Gasteiger partial charge is 0.326 e. The lowest BCUT2D eigenvalue weighted by Crippen LogP contribution is -2.40. The normalized spacial score (nSPS) is 17.5. The molecule has 1 saturated heterocycles. The van der Waals surface area contributed by atoms with Crippen molar-refractivity contribution in [1.82, 2.24) is 4.90 Å². The van der Waals surface area contributed by atoms with Gasteiger partial charge in [-0.25, -0.2) is 4.79 Å². The highest BCUT2D eigenvalue weighted by molar-refractivity contribution is 5.97. The summed E-state index contributed by atoms with van der Waals surface area (Å²) in [7, 11) is 0. The number of aliphatic carboxylic acids is 1. The molecule has 3 rings (SSSR count). The third-order valence-electron chi connectivity index (χ3n) is 4.04. The number of carbonyl (C=O) groups excluding carboxylic acids is 1. The van der Waals surface area contributed by atoms with Crippen LogP contribution >= 0.6 is 0 Å². The summed E-state index contributed by atoms with van der Waals surface area (Å²) in [6, 6.07) is 16.6. The minimum absolute atomic E-state index is 0.204. The van der Waals surface area contributed by atoms with Crippen LogP contribution in [0.5, 0.6) is 0 Å². The van der Waals surface area contributed by atoms with Gasteiger partial charge in [0.25, 0.3) is 5.91 Å². The van der Waals surface area contributed by atoms with Crippen LogP contribution in [0.25, 0.3) is 11.1 Å². The van der Waals surface area contributed by atoms with E-state index in [1.807, 2.05) is 42.5 Å². The topological polar surface area (TPSA) is 57.6 Å². The first-order valence-corrected chi connectivity index (χ1v) is 7.36. The van der Waals surface area contributed by atoms with Gasteiger partial charge in [-0.2, -0.15) is 0 Å². The van der Waals surface area contributed by atoms with Gasteiger partial charge in [0, 0.05) is 12.1 Å². The maximum absolute atomic E-state index is 12.5. The second-order valence-electron chi connectivity index (χ2n) is 5.44. The molecule has 1 amide bonds. The minimum atomic E-state index is -0.924. The van der Waals surface area contributed by atoms with Gasteiger partial charge in [0.05, 0.1) is 0 Å². The van der Waals surface area contributed by atoms with E-state index in [-0.39, 0.29) is 5.91 Å². The fourth-order valence-corrected chi connectivity index (χ4v) is 2.87. The number of benzene rings is 2. The van der Waals surface area contributed by atoms with Gasteiger partial charge in [-0.3, -0.25) is 4.79 Å². The van der Waals surface area contributed by atoms with Crippen LogP contribution in [0.4, 0.5) is 0 Å². The largest absolute Gasteiger partial charge is 0.480 e. The van der Waals surface area contributed by atoms with Gasteiger partial charge < -0.3 is 10.0 Å². The molecule has 2 aromatic carbocycles. The highest BCUT2D eigenvalue weighted by atomic mass is 16.4. The van der Waals surface area contributed by atoms with Gasteiger partial charge in [0.15, 0.2) is 0 Å². The van der Waals surface area contributed by atoms with E-state index in [0.717, 1.165) is 17.5 Å².